The second kappa shape index (κ2) is 5.90. The molecule has 2 saturated heterocycles. The summed E-state index contributed by atoms with van der Waals surface area (Å²) in [4.78, 5) is 0. The summed E-state index contributed by atoms with van der Waals surface area (Å²) < 4.78 is 11.3. The predicted molar refractivity (Wildman–Crippen MR) is 76.4 cm³/mol. The molecule has 2 aliphatic heterocycles. The molecule has 3 rings (SSSR count). The molecule has 0 aliphatic carbocycles. The van der Waals surface area contributed by atoms with E-state index in [1.807, 2.05) is 23.9 Å². The summed E-state index contributed by atoms with van der Waals surface area (Å²) in [6, 6.07) is 3.88. The number of thioether (sulfide) groups is 1. The molecule has 3 heterocycles. The molecule has 3 atom stereocenters. The van der Waals surface area contributed by atoms with Crippen LogP contribution < -0.4 is 0 Å². The Morgan fingerprint density at radius 2 is 2.47 bits per heavy atom. The molecule has 19 heavy (non-hydrogen) atoms. The molecule has 4 heteroatoms. The number of furan rings is 1. The molecule has 1 N–H and O–H groups in total. The molecule has 0 radical (unpaired) electrons. The lowest BCUT2D eigenvalue weighted by Crippen LogP contribution is -2.43. The Kier molecular flexibility index (Phi) is 4.20. The van der Waals surface area contributed by atoms with Gasteiger partial charge in [-0.15, -0.1) is 0 Å². The summed E-state index contributed by atoms with van der Waals surface area (Å²) in [6.07, 6.45) is 6.26. The van der Waals surface area contributed by atoms with Gasteiger partial charge in [0.05, 0.1) is 18.0 Å². The monoisotopic (exact) mass is 282 g/mol. The van der Waals surface area contributed by atoms with Crippen LogP contribution in [0.2, 0.25) is 0 Å². The van der Waals surface area contributed by atoms with Crippen molar-refractivity contribution in [3.8, 4) is 0 Å². The van der Waals surface area contributed by atoms with Crippen molar-refractivity contribution in [3.05, 3.63) is 24.2 Å². The van der Waals surface area contributed by atoms with Gasteiger partial charge in [0.15, 0.2) is 0 Å². The highest BCUT2D eigenvalue weighted by Crippen LogP contribution is 2.41. The molecule has 0 amide bonds. The fourth-order valence-corrected chi connectivity index (χ4v) is 4.62. The topological polar surface area (TPSA) is 42.6 Å². The molecule has 0 bridgehead atoms. The lowest BCUT2D eigenvalue weighted by Gasteiger charge is -2.39. The van der Waals surface area contributed by atoms with Crippen molar-refractivity contribution in [1.82, 2.24) is 0 Å². The Bertz CT molecular complexity index is 384. The summed E-state index contributed by atoms with van der Waals surface area (Å²) in [7, 11) is 0. The van der Waals surface area contributed by atoms with Crippen molar-refractivity contribution in [1.29, 1.82) is 0 Å². The molecule has 1 spiro atoms. The third-order valence-corrected chi connectivity index (χ3v) is 5.63. The molecule has 3 nitrogen and oxygen atoms in total. The van der Waals surface area contributed by atoms with Crippen LogP contribution in [0.5, 0.6) is 0 Å². The quantitative estimate of drug-likeness (QED) is 0.922. The summed E-state index contributed by atoms with van der Waals surface area (Å²) in [5.41, 5.74) is 0.0687. The van der Waals surface area contributed by atoms with E-state index in [2.05, 4.69) is 0 Å². The summed E-state index contributed by atoms with van der Waals surface area (Å²) >= 11 is 1.98. The number of aliphatic hydroxyl groups is 1. The van der Waals surface area contributed by atoms with E-state index in [0.29, 0.717) is 5.92 Å². The normalized spacial score (nSPS) is 32.8. The third-order valence-electron chi connectivity index (χ3n) is 4.41. The van der Waals surface area contributed by atoms with Gasteiger partial charge in [-0.3, -0.25) is 0 Å². The molecule has 2 fully saturated rings. The first kappa shape index (κ1) is 13.5. The summed E-state index contributed by atoms with van der Waals surface area (Å²) in [5.74, 6) is 3.67. The minimum Gasteiger partial charge on any atom is -0.469 e. The second-order valence-electron chi connectivity index (χ2n) is 5.77. The van der Waals surface area contributed by atoms with Crippen molar-refractivity contribution in [2.75, 3.05) is 18.1 Å². The molecule has 1 aromatic heterocycles. The van der Waals surface area contributed by atoms with E-state index in [9.17, 15) is 5.11 Å². The van der Waals surface area contributed by atoms with Crippen LogP contribution in [0.1, 0.15) is 31.4 Å². The largest absolute Gasteiger partial charge is 0.469 e. The average molecular weight is 282 g/mol. The Balaban J connectivity index is 1.52. The maximum absolute atomic E-state index is 10.4. The van der Waals surface area contributed by atoms with Crippen LogP contribution in [-0.4, -0.2) is 34.9 Å². The zero-order chi connectivity index (χ0) is 13.1. The van der Waals surface area contributed by atoms with Crippen molar-refractivity contribution < 1.29 is 14.3 Å². The zero-order valence-corrected chi connectivity index (χ0v) is 12.0. The zero-order valence-electron chi connectivity index (χ0n) is 11.2. The summed E-state index contributed by atoms with van der Waals surface area (Å²) in [5, 5.41) is 10.4. The van der Waals surface area contributed by atoms with E-state index in [0.717, 1.165) is 50.2 Å². The number of ether oxygens (including phenoxy) is 1. The Morgan fingerprint density at radius 1 is 1.53 bits per heavy atom. The fraction of sp³-hybridized carbons (Fsp3) is 0.733. The van der Waals surface area contributed by atoms with Gasteiger partial charge >= 0.3 is 0 Å². The average Bonchev–Trinajstić information content (AvgIpc) is 3.08. The van der Waals surface area contributed by atoms with Crippen LogP contribution in [-0.2, 0) is 11.2 Å². The van der Waals surface area contributed by atoms with Gasteiger partial charge in [-0.1, -0.05) is 0 Å². The molecular weight excluding hydrogens is 260 g/mol. The highest BCUT2D eigenvalue weighted by atomic mass is 32.2. The summed E-state index contributed by atoms with van der Waals surface area (Å²) in [6.45, 7) is 0.809. The minimum absolute atomic E-state index is 0.0687. The Labute approximate surface area is 118 Å². The van der Waals surface area contributed by atoms with Gasteiger partial charge in [0.25, 0.3) is 0 Å². The first-order valence-corrected chi connectivity index (χ1v) is 8.35. The highest BCUT2D eigenvalue weighted by Gasteiger charge is 2.42. The van der Waals surface area contributed by atoms with Gasteiger partial charge in [-0.2, -0.15) is 11.8 Å². The predicted octanol–water partition coefficient (Wildman–Crippen LogP) is 2.88. The maximum atomic E-state index is 10.4. The molecule has 0 aromatic carbocycles. The first-order chi connectivity index (χ1) is 9.27. The van der Waals surface area contributed by atoms with E-state index >= 15 is 0 Å². The van der Waals surface area contributed by atoms with Crippen LogP contribution in [0.3, 0.4) is 0 Å². The van der Waals surface area contributed by atoms with Crippen LogP contribution in [0.25, 0.3) is 0 Å². The van der Waals surface area contributed by atoms with Gasteiger partial charge in [0.2, 0.25) is 0 Å². The number of rotatable bonds is 4. The van der Waals surface area contributed by atoms with Gasteiger partial charge < -0.3 is 14.3 Å². The van der Waals surface area contributed by atoms with E-state index in [1.54, 1.807) is 6.26 Å². The van der Waals surface area contributed by atoms with Gasteiger partial charge in [0.1, 0.15) is 5.76 Å². The minimum atomic E-state index is -0.225. The maximum Gasteiger partial charge on any atom is 0.103 e. The van der Waals surface area contributed by atoms with Crippen LogP contribution in [0, 0.1) is 5.92 Å². The van der Waals surface area contributed by atoms with Crippen molar-refractivity contribution in [3.63, 3.8) is 0 Å². The molecule has 3 unspecified atom stereocenters. The standard InChI is InChI=1S/C15H22O3S/c16-14(4-3-13-2-1-7-17-13)12-5-8-18-15(10-12)6-9-19-11-15/h1-2,7,12,14,16H,3-6,8-11H2. The van der Waals surface area contributed by atoms with Crippen molar-refractivity contribution >= 4 is 11.8 Å². The van der Waals surface area contributed by atoms with Crippen LogP contribution >= 0.6 is 11.8 Å². The molecule has 1 aromatic rings. The van der Waals surface area contributed by atoms with E-state index in [-0.39, 0.29) is 11.7 Å². The third kappa shape index (κ3) is 3.18. The molecular formula is C15H22O3S. The van der Waals surface area contributed by atoms with Gasteiger partial charge in [0, 0.05) is 18.8 Å². The number of aliphatic hydroxyl groups excluding tert-OH is 1. The van der Waals surface area contributed by atoms with Crippen molar-refractivity contribution in [2.24, 2.45) is 5.92 Å². The Morgan fingerprint density at radius 3 is 3.21 bits per heavy atom. The Hall–Kier alpha value is -0.450. The number of aryl methyl sites for hydroxylation is 1. The number of hydrogen-bond donors (Lipinski definition) is 1. The van der Waals surface area contributed by atoms with Gasteiger partial charge in [-0.25, -0.2) is 0 Å². The fourth-order valence-electron chi connectivity index (χ4n) is 3.24. The first-order valence-electron chi connectivity index (χ1n) is 7.20. The smallest absolute Gasteiger partial charge is 0.103 e. The van der Waals surface area contributed by atoms with E-state index in [4.69, 9.17) is 9.15 Å². The van der Waals surface area contributed by atoms with E-state index in [1.165, 1.54) is 5.75 Å². The van der Waals surface area contributed by atoms with Crippen LogP contribution in [0.15, 0.2) is 22.8 Å². The second-order valence-corrected chi connectivity index (χ2v) is 6.88. The molecule has 2 aliphatic rings. The lowest BCUT2D eigenvalue weighted by atomic mass is 9.81. The molecule has 106 valence electrons. The molecule has 0 saturated carbocycles. The van der Waals surface area contributed by atoms with Gasteiger partial charge in [-0.05, 0) is 49.5 Å². The van der Waals surface area contributed by atoms with E-state index < -0.39 is 0 Å². The lowest BCUT2D eigenvalue weighted by molar-refractivity contribution is -0.102. The van der Waals surface area contributed by atoms with Crippen LogP contribution in [0.4, 0.5) is 0 Å². The highest BCUT2D eigenvalue weighted by molar-refractivity contribution is 7.99. The number of hydrogen-bond acceptors (Lipinski definition) is 4. The SMILES string of the molecule is OC(CCc1ccco1)C1CCOC2(CCSC2)C1. The van der Waals surface area contributed by atoms with Crippen molar-refractivity contribution in [2.45, 2.75) is 43.8 Å².